The molecule has 1 aliphatic carbocycles. The summed E-state index contributed by atoms with van der Waals surface area (Å²) in [5.41, 5.74) is 1.69. The fourth-order valence-corrected chi connectivity index (χ4v) is 3.76. The van der Waals surface area contributed by atoms with Crippen molar-refractivity contribution in [3.8, 4) is 5.75 Å². The minimum absolute atomic E-state index is 0.0363. The monoisotopic (exact) mass is 339 g/mol. The number of hydrogen-bond acceptors (Lipinski definition) is 2. The van der Waals surface area contributed by atoms with E-state index >= 15 is 0 Å². The SMILES string of the molecule is COc1ccc(C)cc1C(=O)NCC1CCCC1CBr. The lowest BCUT2D eigenvalue weighted by molar-refractivity contribution is 0.0941. The minimum Gasteiger partial charge on any atom is -0.496 e. The molecule has 1 aromatic carbocycles. The van der Waals surface area contributed by atoms with Gasteiger partial charge in [0.2, 0.25) is 0 Å². The number of nitrogens with one attached hydrogen (secondary N) is 1. The molecule has 0 radical (unpaired) electrons. The van der Waals surface area contributed by atoms with E-state index in [1.165, 1.54) is 19.3 Å². The normalized spacial score (nSPS) is 21.8. The molecule has 1 fully saturated rings. The standard InChI is InChI=1S/C16H22BrNO2/c1-11-6-7-15(20-2)14(8-11)16(19)18-10-13-5-3-4-12(13)9-17/h6-8,12-13H,3-5,9-10H2,1-2H3,(H,18,19). The van der Waals surface area contributed by atoms with E-state index in [-0.39, 0.29) is 5.91 Å². The van der Waals surface area contributed by atoms with Crippen LogP contribution >= 0.6 is 15.9 Å². The molecule has 2 rings (SSSR count). The largest absolute Gasteiger partial charge is 0.496 e. The second kappa shape index (κ2) is 7.11. The summed E-state index contributed by atoms with van der Waals surface area (Å²) in [6.07, 6.45) is 3.74. The van der Waals surface area contributed by atoms with E-state index in [4.69, 9.17) is 4.74 Å². The van der Waals surface area contributed by atoms with Crippen molar-refractivity contribution in [2.24, 2.45) is 11.8 Å². The number of halogens is 1. The van der Waals surface area contributed by atoms with Gasteiger partial charge in [-0.3, -0.25) is 4.79 Å². The lowest BCUT2D eigenvalue weighted by atomic mass is 9.98. The van der Waals surface area contributed by atoms with Gasteiger partial charge < -0.3 is 10.1 Å². The summed E-state index contributed by atoms with van der Waals surface area (Å²) >= 11 is 3.57. The summed E-state index contributed by atoms with van der Waals surface area (Å²) in [7, 11) is 1.60. The van der Waals surface area contributed by atoms with Gasteiger partial charge in [-0.15, -0.1) is 0 Å². The molecular formula is C16H22BrNO2. The van der Waals surface area contributed by atoms with Crippen LogP contribution in [0.15, 0.2) is 18.2 Å². The van der Waals surface area contributed by atoms with Crippen molar-refractivity contribution in [1.29, 1.82) is 0 Å². The Labute approximate surface area is 129 Å². The molecule has 2 unspecified atom stereocenters. The number of aryl methyl sites for hydroxylation is 1. The highest BCUT2D eigenvalue weighted by Gasteiger charge is 2.26. The Kier molecular flexibility index (Phi) is 5.46. The summed E-state index contributed by atoms with van der Waals surface area (Å²) in [6, 6.07) is 5.68. The number of carbonyl (C=O) groups is 1. The van der Waals surface area contributed by atoms with Crippen LogP contribution < -0.4 is 10.1 Å². The van der Waals surface area contributed by atoms with Gasteiger partial charge >= 0.3 is 0 Å². The molecule has 2 atom stereocenters. The van der Waals surface area contributed by atoms with Crippen LogP contribution in [0.5, 0.6) is 5.75 Å². The number of carbonyl (C=O) groups excluding carboxylic acids is 1. The zero-order valence-electron chi connectivity index (χ0n) is 12.1. The third kappa shape index (κ3) is 3.54. The average molecular weight is 340 g/mol. The molecule has 4 heteroatoms. The molecule has 110 valence electrons. The van der Waals surface area contributed by atoms with E-state index in [2.05, 4.69) is 21.2 Å². The van der Waals surface area contributed by atoms with Crippen LogP contribution in [0.25, 0.3) is 0 Å². The summed E-state index contributed by atoms with van der Waals surface area (Å²) < 4.78 is 5.27. The first-order valence-corrected chi connectivity index (χ1v) is 8.26. The Morgan fingerprint density at radius 3 is 2.85 bits per heavy atom. The zero-order chi connectivity index (χ0) is 14.5. The summed E-state index contributed by atoms with van der Waals surface area (Å²) in [5, 5.41) is 4.10. The molecule has 3 nitrogen and oxygen atoms in total. The number of rotatable bonds is 5. The van der Waals surface area contributed by atoms with Gasteiger partial charge in [0.25, 0.3) is 5.91 Å². The topological polar surface area (TPSA) is 38.3 Å². The molecule has 1 N–H and O–H groups in total. The van der Waals surface area contributed by atoms with Gasteiger partial charge in [-0.05, 0) is 43.7 Å². The number of benzene rings is 1. The Hall–Kier alpha value is -1.03. The minimum atomic E-state index is -0.0363. The van der Waals surface area contributed by atoms with Crippen LogP contribution in [0.2, 0.25) is 0 Å². The molecule has 0 heterocycles. The number of hydrogen-bond donors (Lipinski definition) is 1. The zero-order valence-corrected chi connectivity index (χ0v) is 13.7. The van der Waals surface area contributed by atoms with E-state index in [9.17, 15) is 4.79 Å². The van der Waals surface area contributed by atoms with Crippen LogP contribution in [0.4, 0.5) is 0 Å². The van der Waals surface area contributed by atoms with Crippen molar-refractivity contribution in [2.45, 2.75) is 26.2 Å². The van der Waals surface area contributed by atoms with Crippen LogP contribution in [0, 0.1) is 18.8 Å². The second-order valence-corrected chi connectivity index (χ2v) is 6.17. The van der Waals surface area contributed by atoms with Crippen LogP contribution in [0.3, 0.4) is 0 Å². The lowest BCUT2D eigenvalue weighted by Crippen LogP contribution is -2.31. The van der Waals surface area contributed by atoms with Crippen LogP contribution in [-0.4, -0.2) is 24.9 Å². The van der Waals surface area contributed by atoms with Gasteiger partial charge in [0.05, 0.1) is 12.7 Å². The van der Waals surface area contributed by atoms with Crippen molar-refractivity contribution < 1.29 is 9.53 Å². The Morgan fingerprint density at radius 2 is 2.15 bits per heavy atom. The summed E-state index contributed by atoms with van der Waals surface area (Å²) in [5.74, 6) is 1.88. The van der Waals surface area contributed by atoms with Crippen LogP contribution in [-0.2, 0) is 0 Å². The van der Waals surface area contributed by atoms with Crippen molar-refractivity contribution in [1.82, 2.24) is 5.32 Å². The quantitative estimate of drug-likeness (QED) is 0.833. The molecular weight excluding hydrogens is 318 g/mol. The van der Waals surface area contributed by atoms with E-state index < -0.39 is 0 Å². The Morgan fingerprint density at radius 1 is 1.40 bits per heavy atom. The van der Waals surface area contributed by atoms with E-state index in [1.807, 2.05) is 25.1 Å². The predicted molar refractivity (Wildman–Crippen MR) is 84.7 cm³/mol. The number of methoxy groups -OCH3 is 1. The molecule has 1 amide bonds. The average Bonchev–Trinajstić information content (AvgIpc) is 2.92. The molecule has 20 heavy (non-hydrogen) atoms. The molecule has 0 bridgehead atoms. The fraction of sp³-hybridized carbons (Fsp3) is 0.562. The third-order valence-electron chi connectivity index (χ3n) is 4.14. The maximum absolute atomic E-state index is 12.3. The van der Waals surface area contributed by atoms with Gasteiger partial charge in [0.1, 0.15) is 5.75 Å². The fourth-order valence-electron chi connectivity index (χ4n) is 2.90. The van der Waals surface area contributed by atoms with Crippen molar-refractivity contribution >= 4 is 21.8 Å². The van der Waals surface area contributed by atoms with Crippen molar-refractivity contribution in [3.05, 3.63) is 29.3 Å². The molecule has 1 aliphatic rings. The van der Waals surface area contributed by atoms with Gasteiger partial charge in [-0.25, -0.2) is 0 Å². The Balaban J connectivity index is 2.00. The number of alkyl halides is 1. The van der Waals surface area contributed by atoms with E-state index in [0.717, 1.165) is 17.4 Å². The van der Waals surface area contributed by atoms with Crippen molar-refractivity contribution in [2.75, 3.05) is 19.0 Å². The molecule has 0 saturated heterocycles. The van der Waals surface area contributed by atoms with Crippen molar-refractivity contribution in [3.63, 3.8) is 0 Å². The predicted octanol–water partition coefficient (Wildman–Crippen LogP) is 3.54. The molecule has 0 aromatic heterocycles. The van der Waals surface area contributed by atoms with Crippen LogP contribution in [0.1, 0.15) is 35.2 Å². The lowest BCUT2D eigenvalue weighted by Gasteiger charge is -2.18. The first-order chi connectivity index (χ1) is 9.65. The summed E-state index contributed by atoms with van der Waals surface area (Å²) in [6.45, 7) is 2.74. The van der Waals surface area contributed by atoms with E-state index in [1.54, 1.807) is 7.11 Å². The molecule has 1 aromatic rings. The maximum Gasteiger partial charge on any atom is 0.255 e. The summed E-state index contributed by atoms with van der Waals surface area (Å²) in [4.78, 5) is 12.3. The van der Waals surface area contributed by atoms with Gasteiger partial charge in [-0.2, -0.15) is 0 Å². The van der Waals surface area contributed by atoms with Gasteiger partial charge in [0.15, 0.2) is 0 Å². The first kappa shape index (κ1) is 15.4. The highest BCUT2D eigenvalue weighted by molar-refractivity contribution is 9.09. The maximum atomic E-state index is 12.3. The molecule has 0 aliphatic heterocycles. The third-order valence-corrected chi connectivity index (χ3v) is 4.97. The highest BCUT2D eigenvalue weighted by Crippen LogP contribution is 2.32. The first-order valence-electron chi connectivity index (χ1n) is 7.14. The van der Waals surface area contributed by atoms with Gasteiger partial charge in [-0.1, -0.05) is 34.0 Å². The smallest absolute Gasteiger partial charge is 0.255 e. The molecule has 0 spiro atoms. The Bertz CT molecular complexity index is 476. The number of ether oxygens (including phenoxy) is 1. The number of amides is 1. The highest BCUT2D eigenvalue weighted by atomic mass is 79.9. The van der Waals surface area contributed by atoms with Gasteiger partial charge in [0, 0.05) is 11.9 Å². The van der Waals surface area contributed by atoms with E-state index in [0.29, 0.717) is 23.1 Å². The molecule has 1 saturated carbocycles. The second-order valence-electron chi connectivity index (χ2n) is 5.52.